The first-order valence-electron chi connectivity index (χ1n) is 7.11. The third kappa shape index (κ3) is 3.89. The first kappa shape index (κ1) is 15.2. The van der Waals surface area contributed by atoms with Gasteiger partial charge in [-0.25, -0.2) is 0 Å². The lowest BCUT2D eigenvalue weighted by atomic mass is 9.75. The molecule has 1 aliphatic rings. The number of hydrogen-bond donors (Lipinski definition) is 1. The summed E-state index contributed by atoms with van der Waals surface area (Å²) in [6, 6.07) is 7.77. The minimum Gasteiger partial charge on any atom is -0.480 e. The zero-order valence-corrected chi connectivity index (χ0v) is 12.9. The molecule has 0 heterocycles. The standard InChI is InChI=1S/C16H22ClNO2/c1-16(2)8-6-13(7-9-16)18(11-15(19)20)14-5-3-4-12(17)10-14/h3-5,10,13H,6-9,11H2,1-2H3,(H,19,20). The molecule has 2 rings (SSSR count). The molecule has 0 bridgehead atoms. The monoisotopic (exact) mass is 295 g/mol. The minimum atomic E-state index is -0.796. The number of hydrogen-bond acceptors (Lipinski definition) is 2. The summed E-state index contributed by atoms with van der Waals surface area (Å²) in [4.78, 5) is 13.2. The Morgan fingerprint density at radius 2 is 2.05 bits per heavy atom. The van der Waals surface area contributed by atoms with E-state index in [0.717, 1.165) is 31.4 Å². The fourth-order valence-electron chi connectivity index (χ4n) is 2.93. The van der Waals surface area contributed by atoms with Crippen LogP contribution in [0.15, 0.2) is 24.3 Å². The zero-order chi connectivity index (χ0) is 14.8. The van der Waals surface area contributed by atoms with Gasteiger partial charge in [0.05, 0.1) is 0 Å². The van der Waals surface area contributed by atoms with Crippen LogP contribution in [-0.4, -0.2) is 23.7 Å². The van der Waals surface area contributed by atoms with E-state index in [1.807, 2.05) is 29.2 Å². The van der Waals surface area contributed by atoms with Gasteiger partial charge in [0, 0.05) is 16.8 Å². The molecule has 3 nitrogen and oxygen atoms in total. The zero-order valence-electron chi connectivity index (χ0n) is 12.1. The first-order chi connectivity index (χ1) is 9.37. The van der Waals surface area contributed by atoms with Crippen molar-refractivity contribution in [2.75, 3.05) is 11.4 Å². The van der Waals surface area contributed by atoms with Gasteiger partial charge in [0.25, 0.3) is 0 Å². The second-order valence-corrected chi connectivity index (χ2v) is 6.83. The number of rotatable bonds is 4. The van der Waals surface area contributed by atoms with E-state index < -0.39 is 5.97 Å². The lowest BCUT2D eigenvalue weighted by Gasteiger charge is -2.40. The molecule has 0 unspecified atom stereocenters. The van der Waals surface area contributed by atoms with Crippen LogP contribution in [0.1, 0.15) is 39.5 Å². The molecule has 0 spiro atoms. The van der Waals surface area contributed by atoms with Crippen molar-refractivity contribution < 1.29 is 9.90 Å². The molecule has 1 aliphatic carbocycles. The van der Waals surface area contributed by atoms with Crippen LogP contribution >= 0.6 is 11.6 Å². The molecule has 1 aromatic carbocycles. The van der Waals surface area contributed by atoms with Gasteiger partial charge >= 0.3 is 5.97 Å². The van der Waals surface area contributed by atoms with E-state index in [2.05, 4.69) is 13.8 Å². The second-order valence-electron chi connectivity index (χ2n) is 6.40. The van der Waals surface area contributed by atoms with E-state index >= 15 is 0 Å². The van der Waals surface area contributed by atoms with Gasteiger partial charge in [-0.2, -0.15) is 0 Å². The van der Waals surface area contributed by atoms with Gasteiger partial charge in [0.2, 0.25) is 0 Å². The van der Waals surface area contributed by atoms with Crippen LogP contribution in [0.4, 0.5) is 5.69 Å². The Morgan fingerprint density at radius 1 is 1.40 bits per heavy atom. The van der Waals surface area contributed by atoms with Crippen LogP contribution in [0.5, 0.6) is 0 Å². The number of carboxylic acid groups (broad SMARTS) is 1. The van der Waals surface area contributed by atoms with Crippen molar-refractivity contribution in [2.45, 2.75) is 45.6 Å². The van der Waals surface area contributed by atoms with Crippen LogP contribution in [-0.2, 0) is 4.79 Å². The predicted octanol–water partition coefficient (Wildman–Crippen LogP) is 4.20. The van der Waals surface area contributed by atoms with Crippen molar-refractivity contribution in [1.29, 1.82) is 0 Å². The summed E-state index contributed by atoms with van der Waals surface area (Å²) in [5.74, 6) is -0.796. The largest absolute Gasteiger partial charge is 0.480 e. The highest BCUT2D eigenvalue weighted by atomic mass is 35.5. The number of halogens is 1. The molecular formula is C16H22ClNO2. The molecule has 1 fully saturated rings. The van der Waals surface area contributed by atoms with Crippen molar-refractivity contribution in [3.8, 4) is 0 Å². The summed E-state index contributed by atoms with van der Waals surface area (Å²) < 4.78 is 0. The Hall–Kier alpha value is -1.22. The summed E-state index contributed by atoms with van der Waals surface area (Å²) in [7, 11) is 0. The van der Waals surface area contributed by atoms with Crippen LogP contribution in [0.25, 0.3) is 0 Å². The third-order valence-electron chi connectivity index (χ3n) is 4.19. The molecule has 1 saturated carbocycles. The van der Waals surface area contributed by atoms with E-state index in [1.165, 1.54) is 0 Å². The summed E-state index contributed by atoms with van der Waals surface area (Å²) >= 11 is 6.04. The van der Waals surface area contributed by atoms with Gasteiger partial charge in [-0.05, 0) is 49.3 Å². The predicted molar refractivity (Wildman–Crippen MR) is 82.5 cm³/mol. The van der Waals surface area contributed by atoms with Crippen molar-refractivity contribution in [2.24, 2.45) is 5.41 Å². The molecule has 0 aromatic heterocycles. The Labute approximate surface area is 125 Å². The van der Waals surface area contributed by atoms with Crippen molar-refractivity contribution in [3.05, 3.63) is 29.3 Å². The van der Waals surface area contributed by atoms with Crippen LogP contribution < -0.4 is 4.90 Å². The van der Waals surface area contributed by atoms with E-state index in [9.17, 15) is 9.90 Å². The molecule has 20 heavy (non-hydrogen) atoms. The highest BCUT2D eigenvalue weighted by Crippen LogP contribution is 2.38. The van der Waals surface area contributed by atoms with E-state index in [-0.39, 0.29) is 12.6 Å². The van der Waals surface area contributed by atoms with Gasteiger partial charge < -0.3 is 10.0 Å². The summed E-state index contributed by atoms with van der Waals surface area (Å²) in [6.07, 6.45) is 4.34. The van der Waals surface area contributed by atoms with Crippen molar-refractivity contribution in [1.82, 2.24) is 0 Å². The highest BCUT2D eigenvalue weighted by molar-refractivity contribution is 6.30. The number of carbonyl (C=O) groups is 1. The lowest BCUT2D eigenvalue weighted by Crippen LogP contribution is -2.42. The number of benzene rings is 1. The number of anilines is 1. The lowest BCUT2D eigenvalue weighted by molar-refractivity contribution is -0.135. The molecule has 1 N–H and O–H groups in total. The maximum absolute atomic E-state index is 11.2. The van der Waals surface area contributed by atoms with Gasteiger partial charge in [0.15, 0.2) is 0 Å². The topological polar surface area (TPSA) is 40.5 Å². The average Bonchev–Trinajstić information content (AvgIpc) is 2.36. The molecule has 1 aromatic rings. The maximum atomic E-state index is 11.2. The molecule has 4 heteroatoms. The third-order valence-corrected chi connectivity index (χ3v) is 4.43. The Balaban J connectivity index is 2.18. The van der Waals surface area contributed by atoms with Gasteiger partial charge in [-0.3, -0.25) is 4.79 Å². The fourth-order valence-corrected chi connectivity index (χ4v) is 3.11. The normalized spacial score (nSPS) is 18.8. The Bertz CT molecular complexity index is 477. The van der Waals surface area contributed by atoms with Crippen molar-refractivity contribution >= 4 is 23.3 Å². The van der Waals surface area contributed by atoms with Gasteiger partial charge in [-0.1, -0.05) is 31.5 Å². The van der Waals surface area contributed by atoms with E-state index in [4.69, 9.17) is 11.6 Å². The fraction of sp³-hybridized carbons (Fsp3) is 0.562. The van der Waals surface area contributed by atoms with E-state index in [0.29, 0.717) is 10.4 Å². The van der Waals surface area contributed by atoms with Crippen LogP contribution in [0, 0.1) is 5.41 Å². The summed E-state index contributed by atoms with van der Waals surface area (Å²) in [5, 5.41) is 9.82. The molecule has 0 radical (unpaired) electrons. The van der Waals surface area contributed by atoms with Crippen LogP contribution in [0.2, 0.25) is 5.02 Å². The van der Waals surface area contributed by atoms with Gasteiger partial charge in [0.1, 0.15) is 6.54 Å². The maximum Gasteiger partial charge on any atom is 0.323 e. The second kappa shape index (κ2) is 6.04. The molecule has 0 aliphatic heterocycles. The quantitative estimate of drug-likeness (QED) is 0.905. The Morgan fingerprint density at radius 3 is 2.60 bits per heavy atom. The number of carboxylic acids is 1. The first-order valence-corrected chi connectivity index (χ1v) is 7.49. The summed E-state index contributed by atoms with van der Waals surface area (Å²) in [5.41, 5.74) is 1.28. The molecule has 0 saturated heterocycles. The highest BCUT2D eigenvalue weighted by Gasteiger charge is 2.31. The average molecular weight is 296 g/mol. The molecule has 110 valence electrons. The minimum absolute atomic E-state index is 0.0332. The number of nitrogens with zero attached hydrogens (tertiary/aromatic N) is 1. The molecular weight excluding hydrogens is 274 g/mol. The van der Waals surface area contributed by atoms with Crippen molar-refractivity contribution in [3.63, 3.8) is 0 Å². The SMILES string of the molecule is CC1(C)CCC(N(CC(=O)O)c2cccc(Cl)c2)CC1. The molecule has 0 atom stereocenters. The van der Waals surface area contributed by atoms with E-state index in [1.54, 1.807) is 0 Å². The Kier molecular flexibility index (Phi) is 4.59. The summed E-state index contributed by atoms with van der Waals surface area (Å²) in [6.45, 7) is 4.60. The van der Waals surface area contributed by atoms with Crippen LogP contribution in [0.3, 0.4) is 0 Å². The molecule has 0 amide bonds. The smallest absolute Gasteiger partial charge is 0.323 e. The number of aliphatic carboxylic acids is 1. The van der Waals surface area contributed by atoms with Gasteiger partial charge in [-0.15, -0.1) is 0 Å².